The number of nitrogens with zero attached hydrogens (tertiary/aromatic N) is 3. The van der Waals surface area contributed by atoms with Gasteiger partial charge in [0.15, 0.2) is 5.82 Å². The van der Waals surface area contributed by atoms with Crippen LogP contribution in [0.5, 0.6) is 0 Å². The Kier molecular flexibility index (Phi) is 3.39. The number of rotatable bonds is 2. The molecule has 0 amide bonds. The van der Waals surface area contributed by atoms with Crippen LogP contribution in [0.25, 0.3) is 22.4 Å². The third-order valence-electron chi connectivity index (χ3n) is 3.99. The number of pyridine rings is 1. The highest BCUT2D eigenvalue weighted by molar-refractivity contribution is 5.92. The van der Waals surface area contributed by atoms with Crippen LogP contribution >= 0.6 is 12.4 Å². The minimum Gasteiger partial charge on any atom is -0.334 e. The standard InChI is InChI=1S/C15H14N4O.ClH/c16-15(7-3-8-15)14-18-13(20-19-14)11-4-1-6-12-10(11)5-2-9-17-12;/h1-2,4-6,9H,3,7-8,16H2;1H. The van der Waals surface area contributed by atoms with Gasteiger partial charge >= 0.3 is 0 Å². The van der Waals surface area contributed by atoms with Crippen LogP contribution in [0, 0.1) is 0 Å². The molecular weight excluding hydrogens is 288 g/mol. The summed E-state index contributed by atoms with van der Waals surface area (Å²) in [5, 5.41) is 5.07. The lowest BCUT2D eigenvalue weighted by Crippen LogP contribution is -2.44. The van der Waals surface area contributed by atoms with Gasteiger partial charge in [-0.05, 0) is 37.5 Å². The van der Waals surface area contributed by atoms with E-state index < -0.39 is 5.54 Å². The smallest absolute Gasteiger partial charge is 0.258 e. The second kappa shape index (κ2) is 5.09. The van der Waals surface area contributed by atoms with Gasteiger partial charge in [-0.25, -0.2) is 0 Å². The van der Waals surface area contributed by atoms with Crippen molar-refractivity contribution in [2.24, 2.45) is 5.73 Å². The van der Waals surface area contributed by atoms with Gasteiger partial charge in [-0.1, -0.05) is 17.3 Å². The normalized spacial score (nSPS) is 16.2. The Labute approximate surface area is 128 Å². The quantitative estimate of drug-likeness (QED) is 0.787. The molecule has 0 unspecified atom stereocenters. The van der Waals surface area contributed by atoms with Crippen LogP contribution in [-0.4, -0.2) is 15.1 Å². The Hall–Kier alpha value is -1.98. The van der Waals surface area contributed by atoms with Crippen molar-refractivity contribution in [2.45, 2.75) is 24.8 Å². The lowest BCUT2D eigenvalue weighted by atomic mass is 9.77. The van der Waals surface area contributed by atoms with Crippen LogP contribution in [0.4, 0.5) is 0 Å². The van der Waals surface area contributed by atoms with Crippen molar-refractivity contribution in [3.8, 4) is 11.5 Å². The van der Waals surface area contributed by atoms with Gasteiger partial charge in [0.05, 0.1) is 11.1 Å². The Morgan fingerprint density at radius 3 is 2.76 bits per heavy atom. The fourth-order valence-corrected chi connectivity index (χ4v) is 2.61. The zero-order chi connectivity index (χ0) is 13.6. The fourth-order valence-electron chi connectivity index (χ4n) is 2.61. The average molecular weight is 303 g/mol. The molecule has 3 aromatic rings. The third kappa shape index (κ3) is 2.18. The lowest BCUT2D eigenvalue weighted by Gasteiger charge is -2.34. The van der Waals surface area contributed by atoms with E-state index in [0.29, 0.717) is 11.7 Å². The summed E-state index contributed by atoms with van der Waals surface area (Å²) in [5.41, 5.74) is 7.65. The van der Waals surface area contributed by atoms with Gasteiger partial charge in [-0.3, -0.25) is 4.98 Å². The SMILES string of the molecule is Cl.NC1(c2noc(-c3cccc4ncccc34)n2)CCC1. The summed E-state index contributed by atoms with van der Waals surface area (Å²) in [6.07, 6.45) is 4.74. The highest BCUT2D eigenvalue weighted by Gasteiger charge is 2.39. The Morgan fingerprint density at radius 2 is 2.00 bits per heavy atom. The van der Waals surface area contributed by atoms with Crippen LogP contribution in [0.15, 0.2) is 41.1 Å². The first kappa shape index (κ1) is 14.0. The van der Waals surface area contributed by atoms with Crippen LogP contribution in [-0.2, 0) is 5.54 Å². The van der Waals surface area contributed by atoms with Gasteiger partial charge in [0.2, 0.25) is 0 Å². The highest BCUT2D eigenvalue weighted by atomic mass is 35.5. The van der Waals surface area contributed by atoms with Crippen molar-refractivity contribution >= 4 is 23.3 Å². The number of halogens is 1. The molecule has 0 bridgehead atoms. The van der Waals surface area contributed by atoms with E-state index >= 15 is 0 Å². The Balaban J connectivity index is 0.00000132. The van der Waals surface area contributed by atoms with Crippen molar-refractivity contribution in [1.29, 1.82) is 0 Å². The topological polar surface area (TPSA) is 77.8 Å². The first-order valence-corrected chi connectivity index (χ1v) is 6.73. The van der Waals surface area contributed by atoms with E-state index in [9.17, 15) is 0 Å². The van der Waals surface area contributed by atoms with Crippen molar-refractivity contribution in [3.63, 3.8) is 0 Å². The average Bonchev–Trinajstić information content (AvgIpc) is 2.94. The fraction of sp³-hybridized carbons (Fsp3) is 0.267. The molecule has 2 aromatic heterocycles. The van der Waals surface area contributed by atoms with Crippen molar-refractivity contribution < 1.29 is 4.52 Å². The van der Waals surface area contributed by atoms with E-state index in [1.165, 1.54) is 0 Å². The largest absolute Gasteiger partial charge is 0.334 e. The highest BCUT2D eigenvalue weighted by Crippen LogP contribution is 2.38. The number of aromatic nitrogens is 3. The zero-order valence-corrected chi connectivity index (χ0v) is 12.1. The molecule has 1 aromatic carbocycles. The molecule has 1 fully saturated rings. The Morgan fingerprint density at radius 1 is 1.14 bits per heavy atom. The second-order valence-corrected chi connectivity index (χ2v) is 5.31. The van der Waals surface area contributed by atoms with E-state index in [-0.39, 0.29) is 12.4 Å². The molecule has 108 valence electrons. The number of nitrogens with two attached hydrogens (primary N) is 1. The number of hydrogen-bond acceptors (Lipinski definition) is 5. The van der Waals surface area contributed by atoms with E-state index in [4.69, 9.17) is 10.3 Å². The summed E-state index contributed by atoms with van der Waals surface area (Å²) >= 11 is 0. The van der Waals surface area contributed by atoms with E-state index in [1.807, 2.05) is 30.3 Å². The zero-order valence-electron chi connectivity index (χ0n) is 11.3. The van der Waals surface area contributed by atoms with Gasteiger partial charge in [-0.2, -0.15) is 4.98 Å². The summed E-state index contributed by atoms with van der Waals surface area (Å²) in [4.78, 5) is 8.83. The molecule has 2 N–H and O–H groups in total. The molecule has 5 nitrogen and oxygen atoms in total. The molecule has 2 heterocycles. The van der Waals surface area contributed by atoms with Crippen LogP contribution in [0.2, 0.25) is 0 Å². The molecular formula is C15H15ClN4O. The third-order valence-corrected chi connectivity index (χ3v) is 3.99. The van der Waals surface area contributed by atoms with E-state index in [1.54, 1.807) is 6.20 Å². The molecule has 0 radical (unpaired) electrons. The van der Waals surface area contributed by atoms with Crippen LogP contribution in [0.1, 0.15) is 25.1 Å². The van der Waals surface area contributed by atoms with Gasteiger partial charge in [0.25, 0.3) is 5.89 Å². The van der Waals surface area contributed by atoms with Crippen LogP contribution < -0.4 is 5.73 Å². The predicted octanol–water partition coefficient (Wildman–Crippen LogP) is 3.04. The lowest BCUT2D eigenvalue weighted by molar-refractivity contribution is 0.229. The first-order valence-electron chi connectivity index (χ1n) is 6.73. The second-order valence-electron chi connectivity index (χ2n) is 5.31. The molecule has 0 atom stereocenters. The molecule has 0 aliphatic heterocycles. The van der Waals surface area contributed by atoms with Gasteiger partial charge in [0, 0.05) is 17.1 Å². The minimum atomic E-state index is -0.398. The monoisotopic (exact) mass is 302 g/mol. The van der Waals surface area contributed by atoms with Crippen molar-refractivity contribution in [1.82, 2.24) is 15.1 Å². The molecule has 4 rings (SSSR count). The molecule has 1 aliphatic carbocycles. The molecule has 0 saturated heterocycles. The summed E-state index contributed by atoms with van der Waals surface area (Å²) in [6, 6.07) is 9.77. The summed E-state index contributed by atoms with van der Waals surface area (Å²) in [6.45, 7) is 0. The number of benzene rings is 1. The summed E-state index contributed by atoms with van der Waals surface area (Å²) < 4.78 is 5.41. The van der Waals surface area contributed by atoms with Gasteiger partial charge in [0.1, 0.15) is 0 Å². The van der Waals surface area contributed by atoms with E-state index in [0.717, 1.165) is 35.7 Å². The maximum Gasteiger partial charge on any atom is 0.258 e. The minimum absolute atomic E-state index is 0. The summed E-state index contributed by atoms with van der Waals surface area (Å²) in [5.74, 6) is 1.12. The number of hydrogen-bond donors (Lipinski definition) is 1. The van der Waals surface area contributed by atoms with Gasteiger partial charge in [-0.15, -0.1) is 12.4 Å². The van der Waals surface area contributed by atoms with E-state index in [2.05, 4.69) is 15.1 Å². The molecule has 1 saturated carbocycles. The maximum atomic E-state index is 6.23. The molecule has 1 aliphatic rings. The van der Waals surface area contributed by atoms with Crippen LogP contribution in [0.3, 0.4) is 0 Å². The molecule has 6 heteroatoms. The molecule has 0 spiro atoms. The molecule has 21 heavy (non-hydrogen) atoms. The van der Waals surface area contributed by atoms with Gasteiger partial charge < -0.3 is 10.3 Å². The summed E-state index contributed by atoms with van der Waals surface area (Å²) in [7, 11) is 0. The maximum absolute atomic E-state index is 6.23. The Bertz CT molecular complexity index is 777. The number of fused-ring (bicyclic) bond motifs is 1. The van der Waals surface area contributed by atoms with Crippen molar-refractivity contribution in [3.05, 3.63) is 42.4 Å². The first-order chi connectivity index (χ1) is 9.76. The van der Waals surface area contributed by atoms with Crippen molar-refractivity contribution in [2.75, 3.05) is 0 Å². The predicted molar refractivity (Wildman–Crippen MR) is 82.0 cm³/mol.